The van der Waals surface area contributed by atoms with Gasteiger partial charge in [-0.15, -0.1) is 0 Å². The van der Waals surface area contributed by atoms with Crippen molar-refractivity contribution in [2.45, 2.75) is 25.5 Å². The number of aromatic nitrogens is 2. The molecule has 1 aromatic carbocycles. The van der Waals surface area contributed by atoms with Crippen LogP contribution in [0, 0.1) is 5.82 Å². The summed E-state index contributed by atoms with van der Waals surface area (Å²) in [4.78, 5) is 0. The number of halogens is 1. The van der Waals surface area contributed by atoms with E-state index in [1.165, 1.54) is 12.1 Å². The lowest BCUT2D eigenvalue weighted by Crippen LogP contribution is -2.36. The van der Waals surface area contributed by atoms with Crippen LogP contribution in [0.3, 0.4) is 0 Å². The molecule has 0 aliphatic heterocycles. The molecular weight excluding hydrogens is 257 g/mol. The summed E-state index contributed by atoms with van der Waals surface area (Å²) in [6.45, 7) is 4.03. The molecule has 0 saturated heterocycles. The SMILES string of the molecule is CC(NCC(C)(O)c1cnn(C)c1)c1cccc(F)c1. The van der Waals surface area contributed by atoms with Crippen LogP contribution in [0.15, 0.2) is 36.7 Å². The average molecular weight is 277 g/mol. The van der Waals surface area contributed by atoms with Crippen LogP contribution in [-0.4, -0.2) is 21.4 Å². The third-order valence-corrected chi connectivity index (χ3v) is 3.43. The zero-order valence-corrected chi connectivity index (χ0v) is 12.0. The van der Waals surface area contributed by atoms with Crippen LogP contribution < -0.4 is 5.32 Å². The Balaban J connectivity index is 2.01. The van der Waals surface area contributed by atoms with Crippen LogP contribution in [-0.2, 0) is 12.6 Å². The Kier molecular flexibility index (Phi) is 4.20. The van der Waals surface area contributed by atoms with Gasteiger partial charge < -0.3 is 10.4 Å². The Labute approximate surface area is 118 Å². The maximum absolute atomic E-state index is 13.2. The molecule has 2 aromatic rings. The molecule has 0 aliphatic rings. The van der Waals surface area contributed by atoms with Crippen molar-refractivity contribution < 1.29 is 9.50 Å². The van der Waals surface area contributed by atoms with E-state index >= 15 is 0 Å². The smallest absolute Gasteiger partial charge is 0.123 e. The summed E-state index contributed by atoms with van der Waals surface area (Å²) < 4.78 is 14.8. The van der Waals surface area contributed by atoms with Crippen molar-refractivity contribution in [3.05, 3.63) is 53.6 Å². The predicted molar refractivity (Wildman–Crippen MR) is 75.6 cm³/mol. The fraction of sp³-hybridized carbons (Fsp3) is 0.400. The molecule has 2 N–H and O–H groups in total. The zero-order chi connectivity index (χ0) is 14.8. The van der Waals surface area contributed by atoms with Crippen molar-refractivity contribution in [3.63, 3.8) is 0 Å². The number of hydrogen-bond donors (Lipinski definition) is 2. The molecule has 20 heavy (non-hydrogen) atoms. The van der Waals surface area contributed by atoms with E-state index in [4.69, 9.17) is 0 Å². The molecule has 0 aliphatic carbocycles. The van der Waals surface area contributed by atoms with Gasteiger partial charge in [0.1, 0.15) is 11.4 Å². The maximum Gasteiger partial charge on any atom is 0.123 e. The number of hydrogen-bond acceptors (Lipinski definition) is 3. The van der Waals surface area contributed by atoms with Crippen LogP contribution >= 0.6 is 0 Å². The Morgan fingerprint density at radius 3 is 2.85 bits per heavy atom. The largest absolute Gasteiger partial charge is 0.384 e. The fourth-order valence-electron chi connectivity index (χ4n) is 2.05. The third-order valence-electron chi connectivity index (χ3n) is 3.43. The normalized spacial score (nSPS) is 15.8. The van der Waals surface area contributed by atoms with Gasteiger partial charge in [-0.05, 0) is 31.5 Å². The van der Waals surface area contributed by atoms with E-state index in [2.05, 4.69) is 10.4 Å². The first-order chi connectivity index (χ1) is 9.38. The lowest BCUT2D eigenvalue weighted by Gasteiger charge is -2.25. The molecule has 2 atom stereocenters. The Morgan fingerprint density at radius 2 is 2.25 bits per heavy atom. The summed E-state index contributed by atoms with van der Waals surface area (Å²) in [6, 6.07) is 6.41. The highest BCUT2D eigenvalue weighted by atomic mass is 19.1. The molecule has 108 valence electrons. The highest BCUT2D eigenvalue weighted by Gasteiger charge is 2.25. The molecular formula is C15H20FN3O. The quantitative estimate of drug-likeness (QED) is 0.880. The topological polar surface area (TPSA) is 50.1 Å². The van der Waals surface area contributed by atoms with Gasteiger partial charge >= 0.3 is 0 Å². The first-order valence-corrected chi connectivity index (χ1v) is 6.59. The summed E-state index contributed by atoms with van der Waals surface area (Å²) in [6.07, 6.45) is 3.43. The first kappa shape index (κ1) is 14.7. The van der Waals surface area contributed by atoms with Crippen molar-refractivity contribution in [2.75, 3.05) is 6.54 Å². The summed E-state index contributed by atoms with van der Waals surface area (Å²) in [5, 5.41) is 17.7. The average Bonchev–Trinajstić information content (AvgIpc) is 2.83. The number of rotatable bonds is 5. The van der Waals surface area contributed by atoms with E-state index in [9.17, 15) is 9.50 Å². The molecule has 0 saturated carbocycles. The minimum Gasteiger partial charge on any atom is -0.384 e. The van der Waals surface area contributed by atoms with Gasteiger partial charge in [-0.3, -0.25) is 4.68 Å². The van der Waals surface area contributed by atoms with E-state index in [0.29, 0.717) is 6.54 Å². The molecule has 5 heteroatoms. The van der Waals surface area contributed by atoms with E-state index in [1.807, 2.05) is 20.0 Å². The van der Waals surface area contributed by atoms with Gasteiger partial charge in [-0.1, -0.05) is 12.1 Å². The zero-order valence-electron chi connectivity index (χ0n) is 12.0. The van der Waals surface area contributed by atoms with E-state index < -0.39 is 5.60 Å². The highest BCUT2D eigenvalue weighted by molar-refractivity contribution is 5.20. The Morgan fingerprint density at radius 1 is 1.50 bits per heavy atom. The van der Waals surface area contributed by atoms with Crippen LogP contribution in [0.1, 0.15) is 31.0 Å². The second-order valence-electron chi connectivity index (χ2n) is 5.33. The van der Waals surface area contributed by atoms with Crippen LogP contribution in [0.2, 0.25) is 0 Å². The standard InChI is InChI=1S/C15H20FN3O/c1-11(12-5-4-6-14(16)7-12)17-10-15(2,20)13-8-18-19(3)9-13/h4-9,11,17,20H,10H2,1-3H3. The summed E-state index contributed by atoms with van der Waals surface area (Å²) in [5.74, 6) is -0.254. The van der Waals surface area contributed by atoms with Gasteiger partial charge in [0, 0.05) is 31.4 Å². The summed E-state index contributed by atoms with van der Waals surface area (Å²) in [7, 11) is 1.81. The van der Waals surface area contributed by atoms with Crippen molar-refractivity contribution in [1.29, 1.82) is 0 Å². The minimum atomic E-state index is -1.02. The van der Waals surface area contributed by atoms with Crippen molar-refractivity contribution in [3.8, 4) is 0 Å². The van der Waals surface area contributed by atoms with Gasteiger partial charge in [-0.2, -0.15) is 5.10 Å². The van der Waals surface area contributed by atoms with E-state index in [0.717, 1.165) is 11.1 Å². The van der Waals surface area contributed by atoms with Gasteiger partial charge in [0.05, 0.1) is 6.20 Å². The first-order valence-electron chi connectivity index (χ1n) is 6.59. The van der Waals surface area contributed by atoms with Gasteiger partial charge in [0.2, 0.25) is 0 Å². The number of nitrogens with one attached hydrogen (secondary N) is 1. The fourth-order valence-corrected chi connectivity index (χ4v) is 2.05. The predicted octanol–water partition coefficient (Wildman–Crippen LogP) is 2.12. The molecule has 0 fully saturated rings. The minimum absolute atomic E-state index is 0.0474. The van der Waals surface area contributed by atoms with Crippen molar-refractivity contribution in [1.82, 2.24) is 15.1 Å². The summed E-state index contributed by atoms with van der Waals surface area (Å²) in [5.41, 5.74) is 0.585. The van der Waals surface area contributed by atoms with Crippen LogP contribution in [0.4, 0.5) is 4.39 Å². The third kappa shape index (κ3) is 3.43. The van der Waals surface area contributed by atoms with Crippen LogP contribution in [0.5, 0.6) is 0 Å². The second-order valence-corrected chi connectivity index (χ2v) is 5.33. The number of nitrogens with zero attached hydrogens (tertiary/aromatic N) is 2. The maximum atomic E-state index is 13.2. The molecule has 1 aromatic heterocycles. The monoisotopic (exact) mass is 277 g/mol. The van der Waals surface area contributed by atoms with Gasteiger partial charge in [-0.25, -0.2) is 4.39 Å². The molecule has 2 unspecified atom stereocenters. The molecule has 0 bridgehead atoms. The second kappa shape index (κ2) is 5.73. The summed E-state index contributed by atoms with van der Waals surface area (Å²) >= 11 is 0. The molecule has 1 heterocycles. The lowest BCUT2D eigenvalue weighted by atomic mass is 9.98. The van der Waals surface area contributed by atoms with Gasteiger partial charge in [0.15, 0.2) is 0 Å². The molecule has 4 nitrogen and oxygen atoms in total. The Hall–Kier alpha value is -1.72. The Bertz CT molecular complexity index is 580. The molecule has 2 rings (SSSR count). The molecule has 0 spiro atoms. The molecule has 0 radical (unpaired) electrons. The highest BCUT2D eigenvalue weighted by Crippen LogP contribution is 2.21. The van der Waals surface area contributed by atoms with Crippen molar-refractivity contribution in [2.24, 2.45) is 7.05 Å². The molecule has 0 amide bonds. The number of benzene rings is 1. The lowest BCUT2D eigenvalue weighted by molar-refractivity contribution is 0.0543. The van der Waals surface area contributed by atoms with Crippen molar-refractivity contribution >= 4 is 0 Å². The van der Waals surface area contributed by atoms with Gasteiger partial charge in [0.25, 0.3) is 0 Å². The van der Waals surface area contributed by atoms with E-state index in [-0.39, 0.29) is 11.9 Å². The van der Waals surface area contributed by atoms with Crippen LogP contribution in [0.25, 0.3) is 0 Å². The number of aliphatic hydroxyl groups is 1. The number of aryl methyl sites for hydroxylation is 1. The van der Waals surface area contributed by atoms with E-state index in [1.54, 1.807) is 30.1 Å².